The molecule has 0 aliphatic carbocycles. The molecule has 0 spiro atoms. The predicted octanol–water partition coefficient (Wildman–Crippen LogP) is 4.83. The first kappa shape index (κ1) is 17.3. The Morgan fingerprint density at radius 3 is 2.31 bits per heavy atom. The van der Waals surface area contributed by atoms with Crippen molar-refractivity contribution in [1.82, 2.24) is 0 Å². The number of primary amides is 1. The number of hydrogen-bond donors (Lipinski definition) is 1. The summed E-state index contributed by atoms with van der Waals surface area (Å²) in [7, 11) is 0. The van der Waals surface area contributed by atoms with Gasteiger partial charge in [-0.2, -0.15) is 0 Å². The normalized spacial score (nSPS) is 10.3. The summed E-state index contributed by atoms with van der Waals surface area (Å²) in [5.41, 5.74) is 11.3. The van der Waals surface area contributed by atoms with Gasteiger partial charge in [-0.15, -0.1) is 0 Å². The second-order valence-electron chi connectivity index (χ2n) is 6.00. The highest BCUT2D eigenvalue weighted by molar-refractivity contribution is 5.92. The largest absolute Gasteiger partial charge is 0.366 e. The van der Waals surface area contributed by atoms with Gasteiger partial charge < -0.3 is 5.73 Å². The van der Waals surface area contributed by atoms with Crippen molar-refractivity contribution in [1.29, 1.82) is 0 Å². The van der Waals surface area contributed by atoms with Gasteiger partial charge in [-0.25, -0.2) is 0 Å². The van der Waals surface area contributed by atoms with Gasteiger partial charge in [0.25, 0.3) is 0 Å². The molecule has 0 saturated carbocycles. The van der Waals surface area contributed by atoms with Crippen LogP contribution < -0.4 is 5.73 Å². The maximum atomic E-state index is 11.1. The van der Waals surface area contributed by atoms with Crippen molar-refractivity contribution < 1.29 is 4.79 Å². The molecule has 0 heterocycles. The number of hydrogen-bond acceptors (Lipinski definition) is 1. The number of nitrogens with two attached hydrogens (primary N) is 1. The minimum atomic E-state index is -0.433. The molecular formula is C24H19NO. The number of carbonyl (C=O) groups excluding carboxylic acids is 1. The summed E-state index contributed by atoms with van der Waals surface area (Å²) in [5, 5.41) is 0. The van der Waals surface area contributed by atoms with Gasteiger partial charge in [-0.05, 0) is 60.0 Å². The highest BCUT2D eigenvalue weighted by Gasteiger charge is 2.01. The van der Waals surface area contributed by atoms with Crippen LogP contribution in [0.2, 0.25) is 0 Å². The fraction of sp³-hybridized carbons (Fsp3) is 0.0417. The van der Waals surface area contributed by atoms with Crippen molar-refractivity contribution in [2.45, 2.75) is 6.92 Å². The van der Waals surface area contributed by atoms with Gasteiger partial charge in [-0.3, -0.25) is 4.79 Å². The monoisotopic (exact) mass is 337 g/mol. The lowest BCUT2D eigenvalue weighted by atomic mass is 9.98. The van der Waals surface area contributed by atoms with Crippen LogP contribution >= 0.6 is 0 Å². The van der Waals surface area contributed by atoms with Gasteiger partial charge in [0.15, 0.2) is 0 Å². The maximum Gasteiger partial charge on any atom is 0.248 e. The second-order valence-corrected chi connectivity index (χ2v) is 6.00. The van der Waals surface area contributed by atoms with Crippen molar-refractivity contribution in [2.24, 2.45) is 5.73 Å². The highest BCUT2D eigenvalue weighted by Crippen LogP contribution is 2.24. The number of carbonyl (C=O) groups is 1. The fourth-order valence-corrected chi connectivity index (χ4v) is 2.61. The molecule has 3 aromatic carbocycles. The van der Waals surface area contributed by atoms with Crippen LogP contribution in [0.25, 0.3) is 17.2 Å². The Kier molecular flexibility index (Phi) is 5.31. The molecule has 2 nitrogen and oxygen atoms in total. The molecule has 0 aromatic heterocycles. The van der Waals surface area contributed by atoms with Crippen LogP contribution in [-0.4, -0.2) is 5.91 Å². The minimum absolute atomic E-state index is 0.433. The van der Waals surface area contributed by atoms with Crippen LogP contribution in [-0.2, 0) is 0 Å². The van der Waals surface area contributed by atoms with Gasteiger partial charge in [0, 0.05) is 11.1 Å². The molecule has 1 amide bonds. The van der Waals surface area contributed by atoms with Gasteiger partial charge in [0.05, 0.1) is 0 Å². The zero-order chi connectivity index (χ0) is 18.4. The van der Waals surface area contributed by atoms with Crippen LogP contribution in [0.4, 0.5) is 0 Å². The van der Waals surface area contributed by atoms with Crippen LogP contribution in [0.15, 0.2) is 78.9 Å². The standard InChI is InChI=1S/C24H19NO/c1-18-10-14-21(15-11-18)23-9-5-4-8-20(23)7-3-2-6-19-12-16-22(17-13-19)24(25)26/h3-5,7-17H,1H3,(H2,25,26). The maximum absolute atomic E-state index is 11.1. The van der Waals surface area contributed by atoms with E-state index in [1.165, 1.54) is 16.7 Å². The van der Waals surface area contributed by atoms with Gasteiger partial charge in [-0.1, -0.05) is 65.9 Å². The third kappa shape index (κ3) is 4.28. The molecule has 2 N–H and O–H groups in total. The molecule has 26 heavy (non-hydrogen) atoms. The van der Waals surface area contributed by atoms with E-state index in [1.54, 1.807) is 24.3 Å². The third-order valence-corrected chi connectivity index (χ3v) is 4.06. The van der Waals surface area contributed by atoms with Gasteiger partial charge in [0.2, 0.25) is 5.91 Å². The van der Waals surface area contributed by atoms with Crippen molar-refractivity contribution in [2.75, 3.05) is 0 Å². The molecule has 0 aliphatic rings. The molecule has 3 rings (SSSR count). The average Bonchev–Trinajstić information content (AvgIpc) is 2.67. The summed E-state index contributed by atoms with van der Waals surface area (Å²) in [6.07, 6.45) is 3.86. The summed E-state index contributed by atoms with van der Waals surface area (Å²) in [6, 6.07) is 23.7. The summed E-state index contributed by atoms with van der Waals surface area (Å²) in [4.78, 5) is 11.1. The molecule has 126 valence electrons. The summed E-state index contributed by atoms with van der Waals surface area (Å²) < 4.78 is 0. The lowest BCUT2D eigenvalue weighted by Crippen LogP contribution is -2.10. The molecular weight excluding hydrogens is 318 g/mol. The van der Waals surface area contributed by atoms with Crippen LogP contribution in [0.3, 0.4) is 0 Å². The van der Waals surface area contributed by atoms with Crippen LogP contribution in [0, 0.1) is 18.8 Å². The minimum Gasteiger partial charge on any atom is -0.366 e. The smallest absolute Gasteiger partial charge is 0.248 e. The van der Waals surface area contributed by atoms with E-state index in [2.05, 4.69) is 55.2 Å². The Bertz CT molecular complexity index is 1000. The van der Waals surface area contributed by atoms with Crippen molar-refractivity contribution >= 4 is 12.0 Å². The topological polar surface area (TPSA) is 43.1 Å². The van der Waals surface area contributed by atoms with Crippen molar-refractivity contribution in [3.63, 3.8) is 0 Å². The average molecular weight is 337 g/mol. The Labute approximate surface area is 154 Å². The lowest BCUT2D eigenvalue weighted by Gasteiger charge is -2.06. The molecule has 0 bridgehead atoms. The summed E-state index contributed by atoms with van der Waals surface area (Å²) >= 11 is 0. The molecule has 0 atom stereocenters. The molecule has 0 radical (unpaired) electrons. The van der Waals surface area contributed by atoms with Crippen LogP contribution in [0.5, 0.6) is 0 Å². The molecule has 2 heteroatoms. The summed E-state index contributed by atoms with van der Waals surface area (Å²) in [6.45, 7) is 2.08. The SMILES string of the molecule is Cc1ccc(-c2ccccc2C=CC#Cc2ccc(C(N)=O)cc2)cc1. The first-order valence-electron chi connectivity index (χ1n) is 8.37. The molecule has 0 fully saturated rings. The zero-order valence-corrected chi connectivity index (χ0v) is 14.6. The van der Waals surface area contributed by atoms with E-state index < -0.39 is 5.91 Å². The fourth-order valence-electron chi connectivity index (χ4n) is 2.61. The van der Waals surface area contributed by atoms with E-state index in [-0.39, 0.29) is 0 Å². The highest BCUT2D eigenvalue weighted by atomic mass is 16.1. The van der Waals surface area contributed by atoms with Gasteiger partial charge >= 0.3 is 0 Å². The Morgan fingerprint density at radius 2 is 1.62 bits per heavy atom. The quantitative estimate of drug-likeness (QED) is 0.684. The number of aryl methyl sites for hydroxylation is 1. The molecule has 0 saturated heterocycles. The molecule has 0 aliphatic heterocycles. The van der Waals surface area contributed by atoms with Crippen molar-refractivity contribution in [3.8, 4) is 23.0 Å². The number of benzene rings is 3. The number of allylic oxidation sites excluding steroid dienone is 1. The Balaban J connectivity index is 1.80. The first-order valence-corrected chi connectivity index (χ1v) is 8.37. The second kappa shape index (κ2) is 8.00. The first-order chi connectivity index (χ1) is 12.6. The van der Waals surface area contributed by atoms with Gasteiger partial charge in [0.1, 0.15) is 0 Å². The Hall–Kier alpha value is -3.57. The van der Waals surface area contributed by atoms with E-state index in [9.17, 15) is 4.79 Å². The Morgan fingerprint density at radius 1 is 0.923 bits per heavy atom. The van der Waals surface area contributed by atoms with E-state index in [1.807, 2.05) is 24.3 Å². The lowest BCUT2D eigenvalue weighted by molar-refractivity contribution is 0.100. The number of rotatable bonds is 3. The van der Waals surface area contributed by atoms with Crippen LogP contribution in [0.1, 0.15) is 27.0 Å². The van der Waals surface area contributed by atoms with E-state index >= 15 is 0 Å². The van der Waals surface area contributed by atoms with E-state index in [0.29, 0.717) is 5.56 Å². The zero-order valence-electron chi connectivity index (χ0n) is 14.6. The summed E-state index contributed by atoms with van der Waals surface area (Å²) in [5.74, 6) is 5.67. The predicted molar refractivity (Wildman–Crippen MR) is 107 cm³/mol. The molecule has 3 aromatic rings. The molecule has 0 unspecified atom stereocenters. The third-order valence-electron chi connectivity index (χ3n) is 4.06. The van der Waals surface area contributed by atoms with Crippen molar-refractivity contribution in [3.05, 3.63) is 101 Å². The van der Waals surface area contributed by atoms with E-state index in [0.717, 1.165) is 11.1 Å². The number of amides is 1. The van der Waals surface area contributed by atoms with E-state index in [4.69, 9.17) is 5.73 Å².